The zero-order valence-electron chi connectivity index (χ0n) is 15.7. The summed E-state index contributed by atoms with van der Waals surface area (Å²) in [6, 6.07) is 8.90. The highest BCUT2D eigenvalue weighted by Gasteiger charge is 2.28. The molecule has 146 valence electrons. The fourth-order valence-electron chi connectivity index (χ4n) is 3.29. The summed E-state index contributed by atoms with van der Waals surface area (Å²) in [5.74, 6) is 0.234. The van der Waals surface area contributed by atoms with Crippen molar-refractivity contribution in [2.24, 2.45) is 5.92 Å². The van der Waals surface area contributed by atoms with Gasteiger partial charge >= 0.3 is 0 Å². The predicted molar refractivity (Wildman–Crippen MR) is 107 cm³/mol. The van der Waals surface area contributed by atoms with E-state index < -0.39 is 0 Å². The molecule has 0 unspecified atom stereocenters. The Morgan fingerprint density at radius 3 is 2.45 bits per heavy atom. The number of rotatable bonds is 4. The Labute approximate surface area is 168 Å². The first-order valence-corrected chi connectivity index (χ1v) is 9.44. The van der Waals surface area contributed by atoms with Crippen molar-refractivity contribution < 1.29 is 9.59 Å². The van der Waals surface area contributed by atoms with Crippen LogP contribution in [0, 0.1) is 5.92 Å². The van der Waals surface area contributed by atoms with Gasteiger partial charge in [0.15, 0.2) is 0 Å². The van der Waals surface area contributed by atoms with Crippen molar-refractivity contribution in [3.05, 3.63) is 67.0 Å². The molecule has 0 radical (unpaired) electrons. The Kier molecular flexibility index (Phi) is 5.51. The number of piperidine rings is 1. The third-order valence-corrected chi connectivity index (χ3v) is 4.91. The SMILES string of the molecule is O=C(Nc1ccccn1)C1CCN(C(=O)c2ccc(-c3cnccn3)cn2)CC1. The Balaban J connectivity index is 1.33. The second kappa shape index (κ2) is 8.55. The fraction of sp³-hybridized carbons (Fsp3) is 0.238. The van der Waals surface area contributed by atoms with Crippen LogP contribution >= 0.6 is 0 Å². The van der Waals surface area contributed by atoms with Gasteiger partial charge in [0.05, 0.1) is 11.9 Å². The quantitative estimate of drug-likeness (QED) is 0.737. The molecule has 4 heterocycles. The zero-order valence-corrected chi connectivity index (χ0v) is 15.7. The summed E-state index contributed by atoms with van der Waals surface area (Å²) in [6.45, 7) is 1.04. The third-order valence-electron chi connectivity index (χ3n) is 4.91. The fourth-order valence-corrected chi connectivity index (χ4v) is 3.29. The summed E-state index contributed by atoms with van der Waals surface area (Å²) in [7, 11) is 0. The normalized spacial score (nSPS) is 14.4. The van der Waals surface area contributed by atoms with Crippen molar-refractivity contribution in [2.75, 3.05) is 18.4 Å². The van der Waals surface area contributed by atoms with Gasteiger partial charge in [0, 0.05) is 49.4 Å². The highest BCUT2D eigenvalue weighted by atomic mass is 16.2. The van der Waals surface area contributed by atoms with E-state index in [1.165, 1.54) is 0 Å². The first kappa shape index (κ1) is 18.7. The van der Waals surface area contributed by atoms with Crippen molar-refractivity contribution in [1.29, 1.82) is 0 Å². The lowest BCUT2D eigenvalue weighted by Crippen LogP contribution is -2.41. The lowest BCUT2D eigenvalue weighted by molar-refractivity contribution is -0.121. The van der Waals surface area contributed by atoms with Crippen LogP contribution in [-0.4, -0.2) is 49.7 Å². The summed E-state index contributed by atoms with van der Waals surface area (Å²) < 4.78 is 0. The van der Waals surface area contributed by atoms with Gasteiger partial charge in [0.1, 0.15) is 11.5 Å². The maximum Gasteiger partial charge on any atom is 0.272 e. The lowest BCUT2D eigenvalue weighted by Gasteiger charge is -2.31. The van der Waals surface area contributed by atoms with Crippen LogP contribution in [-0.2, 0) is 4.79 Å². The molecular formula is C21H20N6O2. The summed E-state index contributed by atoms with van der Waals surface area (Å²) >= 11 is 0. The molecule has 1 fully saturated rings. The number of nitrogens with zero attached hydrogens (tertiary/aromatic N) is 5. The summed E-state index contributed by atoms with van der Waals surface area (Å²) in [5, 5.41) is 2.83. The molecule has 4 rings (SSSR count). The van der Waals surface area contributed by atoms with Crippen LogP contribution in [0.25, 0.3) is 11.3 Å². The van der Waals surface area contributed by atoms with E-state index in [4.69, 9.17) is 0 Å². The lowest BCUT2D eigenvalue weighted by atomic mass is 9.95. The Morgan fingerprint density at radius 2 is 1.79 bits per heavy atom. The van der Waals surface area contributed by atoms with E-state index in [0.29, 0.717) is 43.1 Å². The van der Waals surface area contributed by atoms with E-state index in [2.05, 4.69) is 25.3 Å². The molecule has 0 aromatic carbocycles. The number of amides is 2. The van der Waals surface area contributed by atoms with Gasteiger partial charge in [0.2, 0.25) is 5.91 Å². The van der Waals surface area contributed by atoms with Gasteiger partial charge < -0.3 is 10.2 Å². The van der Waals surface area contributed by atoms with E-state index in [1.807, 2.05) is 12.1 Å². The van der Waals surface area contributed by atoms with E-state index >= 15 is 0 Å². The van der Waals surface area contributed by atoms with Crippen LogP contribution in [0.15, 0.2) is 61.3 Å². The molecule has 0 saturated carbocycles. The number of hydrogen-bond acceptors (Lipinski definition) is 6. The maximum absolute atomic E-state index is 12.7. The molecule has 1 aliphatic rings. The van der Waals surface area contributed by atoms with E-state index in [9.17, 15) is 9.59 Å². The van der Waals surface area contributed by atoms with Crippen molar-refractivity contribution in [1.82, 2.24) is 24.8 Å². The second-order valence-electron chi connectivity index (χ2n) is 6.79. The topological polar surface area (TPSA) is 101 Å². The van der Waals surface area contributed by atoms with Crippen LogP contribution in [0.1, 0.15) is 23.3 Å². The molecule has 1 N–H and O–H groups in total. The van der Waals surface area contributed by atoms with Crippen LogP contribution in [0.4, 0.5) is 5.82 Å². The van der Waals surface area contributed by atoms with Gasteiger partial charge in [-0.3, -0.25) is 24.5 Å². The molecule has 0 bridgehead atoms. The van der Waals surface area contributed by atoms with Gasteiger partial charge in [-0.25, -0.2) is 4.98 Å². The monoisotopic (exact) mass is 388 g/mol. The molecule has 0 spiro atoms. The summed E-state index contributed by atoms with van der Waals surface area (Å²) in [4.78, 5) is 43.6. The van der Waals surface area contributed by atoms with Crippen LogP contribution in [0.5, 0.6) is 0 Å². The number of nitrogens with one attached hydrogen (secondary N) is 1. The zero-order chi connectivity index (χ0) is 20.1. The minimum absolute atomic E-state index is 0.0535. The minimum Gasteiger partial charge on any atom is -0.337 e. The number of aromatic nitrogens is 4. The smallest absolute Gasteiger partial charge is 0.272 e. The predicted octanol–water partition coefficient (Wildman–Crippen LogP) is 2.42. The standard InChI is InChI=1S/C21H20N6O2/c28-20(26-19-3-1-2-8-24-19)15-6-11-27(12-7-15)21(29)17-5-4-16(13-25-17)18-14-22-9-10-23-18/h1-5,8-10,13-15H,6-7,11-12H2,(H,24,26,28). The largest absolute Gasteiger partial charge is 0.337 e. The molecule has 1 aliphatic heterocycles. The number of carbonyl (C=O) groups excluding carboxylic acids is 2. The number of anilines is 1. The average molecular weight is 388 g/mol. The first-order valence-electron chi connectivity index (χ1n) is 9.44. The minimum atomic E-state index is -0.131. The molecule has 2 amide bonds. The number of carbonyl (C=O) groups is 2. The van der Waals surface area contributed by atoms with E-state index in [-0.39, 0.29) is 17.7 Å². The Bertz CT molecular complexity index is 971. The van der Waals surface area contributed by atoms with Gasteiger partial charge in [-0.15, -0.1) is 0 Å². The van der Waals surface area contributed by atoms with Crippen molar-refractivity contribution >= 4 is 17.6 Å². The molecule has 0 aliphatic carbocycles. The van der Waals surface area contributed by atoms with Crippen LogP contribution < -0.4 is 5.32 Å². The third kappa shape index (κ3) is 4.43. The maximum atomic E-state index is 12.7. The van der Waals surface area contributed by atoms with Crippen molar-refractivity contribution in [3.8, 4) is 11.3 Å². The summed E-state index contributed by atoms with van der Waals surface area (Å²) in [5.41, 5.74) is 1.90. The molecule has 3 aromatic rings. The van der Waals surface area contributed by atoms with Crippen LogP contribution in [0.2, 0.25) is 0 Å². The highest BCUT2D eigenvalue weighted by Crippen LogP contribution is 2.21. The number of hydrogen-bond donors (Lipinski definition) is 1. The average Bonchev–Trinajstić information content (AvgIpc) is 2.80. The second-order valence-corrected chi connectivity index (χ2v) is 6.79. The number of likely N-dealkylation sites (tertiary alicyclic amines) is 1. The van der Waals surface area contributed by atoms with Crippen LogP contribution in [0.3, 0.4) is 0 Å². The highest BCUT2D eigenvalue weighted by molar-refractivity contribution is 5.94. The van der Waals surface area contributed by atoms with Crippen molar-refractivity contribution in [3.63, 3.8) is 0 Å². The van der Waals surface area contributed by atoms with Gasteiger partial charge in [0.25, 0.3) is 5.91 Å². The first-order chi connectivity index (χ1) is 14.2. The van der Waals surface area contributed by atoms with E-state index in [0.717, 1.165) is 5.56 Å². The molecule has 29 heavy (non-hydrogen) atoms. The van der Waals surface area contributed by atoms with Gasteiger partial charge in [-0.2, -0.15) is 0 Å². The molecule has 8 heteroatoms. The van der Waals surface area contributed by atoms with E-state index in [1.54, 1.807) is 54.1 Å². The van der Waals surface area contributed by atoms with Crippen molar-refractivity contribution in [2.45, 2.75) is 12.8 Å². The Morgan fingerprint density at radius 1 is 0.931 bits per heavy atom. The molecular weight excluding hydrogens is 368 g/mol. The number of pyridine rings is 2. The molecule has 0 atom stereocenters. The molecule has 3 aromatic heterocycles. The summed E-state index contributed by atoms with van der Waals surface area (Å²) in [6.07, 6.45) is 9.37. The Hall–Kier alpha value is -3.68. The van der Waals surface area contributed by atoms with Gasteiger partial charge in [-0.05, 0) is 37.1 Å². The molecule has 8 nitrogen and oxygen atoms in total. The molecule has 1 saturated heterocycles. The van der Waals surface area contributed by atoms with Gasteiger partial charge in [-0.1, -0.05) is 6.07 Å².